The minimum atomic E-state index is 0.797. The van der Waals surface area contributed by atoms with Gasteiger partial charge >= 0.3 is 0 Å². The summed E-state index contributed by atoms with van der Waals surface area (Å²) < 4.78 is 2.57. The highest BCUT2D eigenvalue weighted by Crippen LogP contribution is 2.32. The molecule has 3 heteroatoms. The number of nitrogens with two attached hydrogens (primary N) is 1. The number of thiophene rings is 1. The SMILES string of the molecule is NCCCCc1csc2c(Br)cccc12. The van der Waals surface area contributed by atoms with Gasteiger partial charge in [-0.3, -0.25) is 0 Å². The van der Waals surface area contributed by atoms with E-state index in [0.717, 1.165) is 19.4 Å². The number of aryl methyl sites for hydroxylation is 1. The summed E-state index contributed by atoms with van der Waals surface area (Å²) in [4.78, 5) is 0. The second-order valence-electron chi connectivity index (χ2n) is 3.62. The lowest BCUT2D eigenvalue weighted by atomic mass is 10.1. The lowest BCUT2D eigenvalue weighted by Gasteiger charge is -1.99. The maximum atomic E-state index is 5.50. The summed E-state index contributed by atoms with van der Waals surface area (Å²) in [7, 11) is 0. The number of rotatable bonds is 4. The molecule has 0 aliphatic heterocycles. The van der Waals surface area contributed by atoms with E-state index in [1.807, 2.05) is 11.3 Å². The summed E-state index contributed by atoms with van der Waals surface area (Å²) in [6.07, 6.45) is 3.45. The minimum Gasteiger partial charge on any atom is -0.330 e. The molecule has 0 saturated carbocycles. The summed E-state index contributed by atoms with van der Waals surface area (Å²) in [6.45, 7) is 0.797. The third-order valence-corrected chi connectivity index (χ3v) is 4.53. The van der Waals surface area contributed by atoms with Crippen molar-refractivity contribution >= 4 is 37.4 Å². The third-order valence-electron chi connectivity index (χ3n) is 2.53. The molecule has 0 saturated heterocycles. The average molecular weight is 284 g/mol. The Morgan fingerprint density at radius 1 is 1.27 bits per heavy atom. The highest BCUT2D eigenvalue weighted by atomic mass is 79.9. The van der Waals surface area contributed by atoms with Gasteiger partial charge in [-0.2, -0.15) is 0 Å². The fraction of sp³-hybridized carbons (Fsp3) is 0.333. The number of benzene rings is 1. The van der Waals surface area contributed by atoms with Gasteiger partial charge in [0.2, 0.25) is 0 Å². The maximum absolute atomic E-state index is 5.50. The number of hydrogen-bond acceptors (Lipinski definition) is 2. The Morgan fingerprint density at radius 2 is 2.13 bits per heavy atom. The fourth-order valence-electron chi connectivity index (χ4n) is 1.73. The van der Waals surface area contributed by atoms with Gasteiger partial charge in [0.15, 0.2) is 0 Å². The molecule has 2 rings (SSSR count). The second-order valence-corrected chi connectivity index (χ2v) is 5.36. The molecule has 0 aliphatic carbocycles. The first-order valence-electron chi connectivity index (χ1n) is 5.17. The van der Waals surface area contributed by atoms with Crippen molar-refractivity contribution in [3.63, 3.8) is 0 Å². The summed E-state index contributed by atoms with van der Waals surface area (Å²) in [5, 5.41) is 3.66. The molecule has 15 heavy (non-hydrogen) atoms. The van der Waals surface area contributed by atoms with Crippen LogP contribution in [-0.2, 0) is 6.42 Å². The number of unbranched alkanes of at least 4 members (excludes halogenated alkanes) is 1. The van der Waals surface area contributed by atoms with Gasteiger partial charge in [0.25, 0.3) is 0 Å². The van der Waals surface area contributed by atoms with Crippen LogP contribution in [0.15, 0.2) is 28.1 Å². The second kappa shape index (κ2) is 5.10. The highest BCUT2D eigenvalue weighted by molar-refractivity contribution is 9.10. The Bertz CT molecular complexity index is 450. The molecule has 0 bridgehead atoms. The molecule has 2 N–H and O–H groups in total. The van der Waals surface area contributed by atoms with Gasteiger partial charge in [0, 0.05) is 9.17 Å². The molecule has 1 aromatic heterocycles. The normalized spacial score (nSPS) is 11.1. The first-order chi connectivity index (χ1) is 7.33. The first-order valence-corrected chi connectivity index (χ1v) is 6.85. The van der Waals surface area contributed by atoms with Gasteiger partial charge in [-0.1, -0.05) is 12.1 Å². The average Bonchev–Trinajstić information content (AvgIpc) is 2.64. The Balaban J connectivity index is 2.25. The molecule has 0 unspecified atom stereocenters. The van der Waals surface area contributed by atoms with Crippen LogP contribution in [0.3, 0.4) is 0 Å². The van der Waals surface area contributed by atoms with E-state index in [1.54, 1.807) is 0 Å². The number of fused-ring (bicyclic) bond motifs is 1. The Labute approximate surface area is 102 Å². The van der Waals surface area contributed by atoms with Crippen molar-refractivity contribution in [3.05, 3.63) is 33.6 Å². The zero-order chi connectivity index (χ0) is 10.7. The summed E-state index contributed by atoms with van der Waals surface area (Å²) in [5.41, 5.74) is 6.96. The molecule has 0 radical (unpaired) electrons. The zero-order valence-corrected chi connectivity index (χ0v) is 10.9. The van der Waals surface area contributed by atoms with Gasteiger partial charge in [-0.15, -0.1) is 11.3 Å². The maximum Gasteiger partial charge on any atom is 0.0487 e. The highest BCUT2D eigenvalue weighted by Gasteiger charge is 2.05. The molecule has 0 aliphatic rings. The minimum absolute atomic E-state index is 0.797. The van der Waals surface area contributed by atoms with Crippen LogP contribution in [0, 0.1) is 0 Å². The van der Waals surface area contributed by atoms with E-state index in [4.69, 9.17) is 5.73 Å². The molecule has 1 heterocycles. The van der Waals surface area contributed by atoms with E-state index in [-0.39, 0.29) is 0 Å². The Morgan fingerprint density at radius 3 is 2.93 bits per heavy atom. The van der Waals surface area contributed by atoms with E-state index in [9.17, 15) is 0 Å². The van der Waals surface area contributed by atoms with Crippen molar-refractivity contribution in [2.24, 2.45) is 5.73 Å². The standard InChI is InChI=1S/C12H14BrNS/c13-11-6-3-5-10-9(4-1-2-7-14)8-15-12(10)11/h3,5-6,8H,1-2,4,7,14H2. The van der Waals surface area contributed by atoms with E-state index < -0.39 is 0 Å². The fourth-order valence-corrected chi connectivity index (χ4v) is 3.39. The van der Waals surface area contributed by atoms with Crippen molar-refractivity contribution in [1.29, 1.82) is 0 Å². The zero-order valence-electron chi connectivity index (χ0n) is 8.50. The number of hydrogen-bond donors (Lipinski definition) is 1. The predicted octanol–water partition coefficient (Wildman–Crippen LogP) is 3.95. The van der Waals surface area contributed by atoms with Crippen LogP contribution < -0.4 is 5.73 Å². The van der Waals surface area contributed by atoms with E-state index >= 15 is 0 Å². The molecule has 1 nitrogen and oxygen atoms in total. The third kappa shape index (κ3) is 2.41. The van der Waals surface area contributed by atoms with Crippen LogP contribution >= 0.6 is 27.3 Å². The van der Waals surface area contributed by atoms with Crippen molar-refractivity contribution in [1.82, 2.24) is 0 Å². The Hall–Kier alpha value is -0.380. The molecule has 0 atom stereocenters. The summed E-state index contributed by atoms with van der Waals surface area (Å²) >= 11 is 5.40. The quantitative estimate of drug-likeness (QED) is 0.845. The largest absolute Gasteiger partial charge is 0.330 e. The van der Waals surface area contributed by atoms with Crippen LogP contribution in [-0.4, -0.2) is 6.54 Å². The van der Waals surface area contributed by atoms with Crippen LogP contribution in [0.1, 0.15) is 18.4 Å². The predicted molar refractivity (Wildman–Crippen MR) is 71.5 cm³/mol. The van der Waals surface area contributed by atoms with E-state index in [0.29, 0.717) is 0 Å². The topological polar surface area (TPSA) is 26.0 Å². The number of halogens is 1. The van der Waals surface area contributed by atoms with Gasteiger partial charge in [-0.05, 0) is 64.1 Å². The smallest absolute Gasteiger partial charge is 0.0487 e. The van der Waals surface area contributed by atoms with Gasteiger partial charge in [0.05, 0.1) is 0 Å². The van der Waals surface area contributed by atoms with Crippen molar-refractivity contribution in [3.8, 4) is 0 Å². The van der Waals surface area contributed by atoms with Crippen LogP contribution in [0.25, 0.3) is 10.1 Å². The first kappa shape index (κ1) is 11.1. The van der Waals surface area contributed by atoms with Crippen molar-refractivity contribution < 1.29 is 0 Å². The van der Waals surface area contributed by atoms with E-state index in [1.165, 1.54) is 26.5 Å². The van der Waals surface area contributed by atoms with Gasteiger partial charge < -0.3 is 5.73 Å². The van der Waals surface area contributed by atoms with Crippen LogP contribution in [0.4, 0.5) is 0 Å². The summed E-state index contributed by atoms with van der Waals surface area (Å²) in [5.74, 6) is 0. The lowest BCUT2D eigenvalue weighted by Crippen LogP contribution is -1.98. The lowest BCUT2D eigenvalue weighted by molar-refractivity contribution is 0.748. The molecular formula is C12H14BrNS. The van der Waals surface area contributed by atoms with Gasteiger partial charge in [0.1, 0.15) is 0 Å². The summed E-state index contributed by atoms with van der Waals surface area (Å²) in [6, 6.07) is 6.41. The van der Waals surface area contributed by atoms with Crippen molar-refractivity contribution in [2.75, 3.05) is 6.54 Å². The van der Waals surface area contributed by atoms with Gasteiger partial charge in [-0.25, -0.2) is 0 Å². The van der Waals surface area contributed by atoms with E-state index in [2.05, 4.69) is 39.5 Å². The Kier molecular flexibility index (Phi) is 3.78. The molecule has 2 aromatic rings. The molecule has 0 amide bonds. The van der Waals surface area contributed by atoms with Crippen molar-refractivity contribution in [2.45, 2.75) is 19.3 Å². The van der Waals surface area contributed by atoms with Crippen LogP contribution in [0.5, 0.6) is 0 Å². The molecule has 1 aromatic carbocycles. The molecule has 0 spiro atoms. The van der Waals surface area contributed by atoms with Crippen LogP contribution in [0.2, 0.25) is 0 Å². The monoisotopic (exact) mass is 283 g/mol. The molecule has 0 fully saturated rings. The molecular weight excluding hydrogens is 270 g/mol. The molecule has 80 valence electrons.